The number of fused-ring (bicyclic) bond motifs is 1. The topological polar surface area (TPSA) is 67.5 Å². The molecule has 128 valence electrons. The van der Waals surface area contributed by atoms with Crippen molar-refractivity contribution in [3.8, 4) is 11.5 Å². The summed E-state index contributed by atoms with van der Waals surface area (Å²) in [5.41, 5.74) is 5.57. The van der Waals surface area contributed by atoms with Gasteiger partial charge in [0.1, 0.15) is 5.69 Å². The van der Waals surface area contributed by atoms with E-state index in [0.717, 1.165) is 21.3 Å². The summed E-state index contributed by atoms with van der Waals surface area (Å²) >= 11 is 1.58. The highest BCUT2D eigenvalue weighted by Crippen LogP contribution is 2.25. The van der Waals surface area contributed by atoms with Gasteiger partial charge >= 0.3 is 0 Å². The van der Waals surface area contributed by atoms with Gasteiger partial charge in [-0.3, -0.25) is 4.79 Å². The van der Waals surface area contributed by atoms with Crippen LogP contribution >= 0.6 is 11.3 Å². The number of rotatable bonds is 4. The number of benzene rings is 1. The fraction of sp³-hybridized carbons (Fsp3) is 0.0500. The zero-order valence-corrected chi connectivity index (χ0v) is 14.8. The van der Waals surface area contributed by atoms with Crippen LogP contribution in [0.15, 0.2) is 69.7 Å². The Morgan fingerprint density at radius 2 is 2.12 bits per heavy atom. The number of hydrogen-bond acceptors (Lipinski definition) is 5. The van der Waals surface area contributed by atoms with Crippen molar-refractivity contribution in [3.05, 3.63) is 76.2 Å². The number of thiophene rings is 1. The molecule has 1 amide bonds. The van der Waals surface area contributed by atoms with Crippen molar-refractivity contribution in [2.75, 3.05) is 0 Å². The number of aryl methyl sites for hydroxylation is 1. The maximum atomic E-state index is 12.7. The molecule has 0 aliphatic carbocycles. The number of aromatic nitrogens is 1. The van der Waals surface area contributed by atoms with E-state index >= 15 is 0 Å². The van der Waals surface area contributed by atoms with Gasteiger partial charge in [-0.2, -0.15) is 5.10 Å². The minimum Gasteiger partial charge on any atom is -0.463 e. The quantitative estimate of drug-likeness (QED) is 0.426. The molecule has 0 atom stereocenters. The highest BCUT2D eigenvalue weighted by molar-refractivity contribution is 7.11. The smallest absolute Gasteiger partial charge is 0.272 e. The van der Waals surface area contributed by atoms with Gasteiger partial charge in [-0.05, 0) is 48.2 Å². The second-order valence-electron chi connectivity index (χ2n) is 5.72. The lowest BCUT2D eigenvalue weighted by molar-refractivity contribution is 0.0956. The molecule has 1 N–H and O–H groups in total. The van der Waals surface area contributed by atoms with Crippen molar-refractivity contribution in [1.29, 1.82) is 0 Å². The van der Waals surface area contributed by atoms with Crippen LogP contribution in [0.1, 0.15) is 20.8 Å². The van der Waals surface area contributed by atoms with Crippen LogP contribution < -0.4 is 5.43 Å². The van der Waals surface area contributed by atoms with E-state index in [1.807, 2.05) is 48.7 Å². The first kappa shape index (κ1) is 16.2. The number of carbonyl (C=O) groups excluding carboxylic acids is 1. The van der Waals surface area contributed by atoms with E-state index in [2.05, 4.69) is 15.5 Å². The minimum atomic E-state index is -0.290. The molecule has 0 saturated heterocycles. The molecule has 0 spiro atoms. The van der Waals surface area contributed by atoms with Crippen LogP contribution in [0.25, 0.3) is 22.4 Å². The van der Waals surface area contributed by atoms with E-state index in [1.54, 1.807) is 35.9 Å². The van der Waals surface area contributed by atoms with Crippen LogP contribution in [0.2, 0.25) is 0 Å². The Hall–Kier alpha value is -3.25. The summed E-state index contributed by atoms with van der Waals surface area (Å²) in [5.74, 6) is 0.323. The summed E-state index contributed by atoms with van der Waals surface area (Å²) in [5, 5.41) is 6.85. The molecule has 3 aromatic heterocycles. The van der Waals surface area contributed by atoms with E-state index in [1.165, 1.54) is 0 Å². The second-order valence-corrected chi connectivity index (χ2v) is 6.66. The minimum absolute atomic E-state index is 0.290. The molecule has 0 radical (unpaired) electrons. The van der Waals surface area contributed by atoms with Gasteiger partial charge in [-0.25, -0.2) is 10.4 Å². The van der Waals surface area contributed by atoms with Crippen molar-refractivity contribution < 1.29 is 9.21 Å². The van der Waals surface area contributed by atoms with E-state index in [4.69, 9.17) is 4.42 Å². The first-order valence-electron chi connectivity index (χ1n) is 8.03. The zero-order chi connectivity index (χ0) is 17.9. The number of furan rings is 1. The van der Waals surface area contributed by atoms with Crippen LogP contribution in [0.5, 0.6) is 0 Å². The Morgan fingerprint density at radius 3 is 2.88 bits per heavy atom. The molecule has 4 rings (SSSR count). The molecule has 0 aliphatic rings. The summed E-state index contributed by atoms with van der Waals surface area (Å²) in [7, 11) is 0. The summed E-state index contributed by atoms with van der Waals surface area (Å²) in [6.07, 6.45) is 3.24. The van der Waals surface area contributed by atoms with Crippen molar-refractivity contribution >= 4 is 34.4 Å². The third kappa shape index (κ3) is 3.14. The summed E-state index contributed by atoms with van der Waals surface area (Å²) in [6, 6.07) is 14.9. The van der Waals surface area contributed by atoms with E-state index < -0.39 is 0 Å². The normalized spacial score (nSPS) is 11.3. The molecule has 3 heterocycles. The van der Waals surface area contributed by atoms with Crippen LogP contribution in [0.4, 0.5) is 0 Å². The number of para-hydroxylation sites is 1. The van der Waals surface area contributed by atoms with E-state index in [-0.39, 0.29) is 5.91 Å². The molecule has 0 saturated carbocycles. The van der Waals surface area contributed by atoms with Crippen LogP contribution in [0.3, 0.4) is 0 Å². The standard InChI is InChI=1S/C20H15N3O2S/c1-13-8-10-26-19(13)12-21-23-20(24)15-11-17(18-7-4-9-25-18)22-16-6-3-2-5-14(15)16/h2-12H,1H3,(H,23,24)/b21-12-. The van der Waals surface area contributed by atoms with Crippen molar-refractivity contribution in [1.82, 2.24) is 10.4 Å². The van der Waals surface area contributed by atoms with Crippen LogP contribution in [-0.2, 0) is 0 Å². The lowest BCUT2D eigenvalue weighted by Crippen LogP contribution is -2.18. The molecular weight excluding hydrogens is 346 g/mol. The molecule has 6 heteroatoms. The highest BCUT2D eigenvalue weighted by Gasteiger charge is 2.14. The van der Waals surface area contributed by atoms with Crippen LogP contribution in [0, 0.1) is 6.92 Å². The maximum Gasteiger partial charge on any atom is 0.272 e. The largest absolute Gasteiger partial charge is 0.463 e. The average Bonchev–Trinajstić information content (AvgIpc) is 3.33. The van der Waals surface area contributed by atoms with Gasteiger partial charge in [-0.15, -0.1) is 11.3 Å². The predicted molar refractivity (Wildman–Crippen MR) is 104 cm³/mol. The first-order chi connectivity index (χ1) is 12.7. The maximum absolute atomic E-state index is 12.7. The highest BCUT2D eigenvalue weighted by atomic mass is 32.1. The molecule has 4 aromatic rings. The van der Waals surface area contributed by atoms with Crippen LogP contribution in [-0.4, -0.2) is 17.1 Å². The van der Waals surface area contributed by atoms with Gasteiger partial charge in [0.2, 0.25) is 0 Å². The van der Waals surface area contributed by atoms with Gasteiger partial charge in [0.15, 0.2) is 5.76 Å². The first-order valence-corrected chi connectivity index (χ1v) is 8.91. The monoisotopic (exact) mass is 361 g/mol. The lowest BCUT2D eigenvalue weighted by Gasteiger charge is -2.07. The average molecular weight is 361 g/mol. The molecule has 1 aromatic carbocycles. The molecule has 5 nitrogen and oxygen atoms in total. The predicted octanol–water partition coefficient (Wildman–Crippen LogP) is 4.63. The summed E-state index contributed by atoms with van der Waals surface area (Å²) in [4.78, 5) is 18.3. The fourth-order valence-corrected chi connectivity index (χ4v) is 3.43. The molecule has 0 bridgehead atoms. The number of amides is 1. The number of pyridine rings is 1. The van der Waals surface area contributed by atoms with Gasteiger partial charge in [0, 0.05) is 10.3 Å². The number of nitrogens with zero attached hydrogens (tertiary/aromatic N) is 2. The summed E-state index contributed by atoms with van der Waals surface area (Å²) in [6.45, 7) is 2.01. The van der Waals surface area contributed by atoms with Gasteiger partial charge in [0.05, 0.1) is 23.6 Å². The van der Waals surface area contributed by atoms with E-state index in [0.29, 0.717) is 17.0 Å². The fourth-order valence-electron chi connectivity index (χ4n) is 2.64. The molecule has 0 aliphatic heterocycles. The van der Waals surface area contributed by atoms with Gasteiger partial charge < -0.3 is 4.42 Å². The molecule has 0 fully saturated rings. The summed E-state index contributed by atoms with van der Waals surface area (Å²) < 4.78 is 5.42. The van der Waals surface area contributed by atoms with Crippen molar-refractivity contribution in [3.63, 3.8) is 0 Å². The lowest BCUT2D eigenvalue weighted by atomic mass is 10.1. The Morgan fingerprint density at radius 1 is 1.23 bits per heavy atom. The third-order valence-corrected chi connectivity index (χ3v) is 4.94. The Bertz CT molecular complexity index is 1100. The third-order valence-electron chi connectivity index (χ3n) is 3.98. The zero-order valence-electron chi connectivity index (χ0n) is 14.0. The number of hydrogen-bond donors (Lipinski definition) is 1. The Kier molecular flexibility index (Phi) is 4.33. The van der Waals surface area contributed by atoms with E-state index in [9.17, 15) is 4.79 Å². The number of hydrazone groups is 1. The molecule has 0 unspecified atom stereocenters. The molecule has 26 heavy (non-hydrogen) atoms. The number of carbonyl (C=O) groups is 1. The van der Waals surface area contributed by atoms with Gasteiger partial charge in [0.25, 0.3) is 5.91 Å². The second kappa shape index (κ2) is 6.93. The van der Waals surface area contributed by atoms with Gasteiger partial charge in [-0.1, -0.05) is 18.2 Å². The Balaban J connectivity index is 1.69. The van der Waals surface area contributed by atoms with Crippen molar-refractivity contribution in [2.45, 2.75) is 6.92 Å². The molecular formula is C20H15N3O2S. The SMILES string of the molecule is Cc1ccsc1/C=N\NC(=O)c1cc(-c2ccco2)nc2ccccc12. The Labute approximate surface area is 154 Å². The van der Waals surface area contributed by atoms with Crippen molar-refractivity contribution in [2.24, 2.45) is 5.10 Å². The number of nitrogens with one attached hydrogen (secondary N) is 1.